The molecule has 2 aromatic carbocycles. The summed E-state index contributed by atoms with van der Waals surface area (Å²) in [5, 5.41) is 6.95. The fourth-order valence-electron chi connectivity index (χ4n) is 3.80. The van der Waals surface area contributed by atoms with Gasteiger partial charge in [-0.2, -0.15) is 0 Å². The molecule has 0 saturated heterocycles. The van der Waals surface area contributed by atoms with Gasteiger partial charge in [-0.15, -0.1) is 11.3 Å². The van der Waals surface area contributed by atoms with Gasteiger partial charge in [0.2, 0.25) is 0 Å². The minimum absolute atomic E-state index is 1.00. The summed E-state index contributed by atoms with van der Waals surface area (Å²) in [5.41, 5.74) is 9.46. The Morgan fingerprint density at radius 3 is 1.77 bits per heavy atom. The maximum absolute atomic E-state index is 4.91. The summed E-state index contributed by atoms with van der Waals surface area (Å²) >= 11 is 4.86. The molecule has 1 aliphatic carbocycles. The Morgan fingerprint density at radius 1 is 0.885 bits per heavy atom. The summed E-state index contributed by atoms with van der Waals surface area (Å²) in [6.45, 7) is 4.47. The van der Waals surface area contributed by atoms with Gasteiger partial charge in [0.1, 0.15) is 11.0 Å². The Balaban J connectivity index is 0.000000527. The van der Waals surface area contributed by atoms with E-state index in [2.05, 4.69) is 73.6 Å². The van der Waals surface area contributed by atoms with Crippen LogP contribution in [0.2, 0.25) is 0 Å². The number of thiophene rings is 1. The summed E-state index contributed by atoms with van der Waals surface area (Å²) in [6, 6.07) is 9.02. The van der Waals surface area contributed by atoms with Crippen molar-refractivity contribution in [2.45, 2.75) is 26.7 Å². The molecule has 1 aliphatic rings. The van der Waals surface area contributed by atoms with Crippen LogP contribution in [0.3, 0.4) is 0 Å². The number of fused-ring (bicyclic) bond motifs is 4. The molecule has 0 bridgehead atoms. The zero-order valence-corrected chi connectivity index (χ0v) is 16.4. The number of aromatic nitrogens is 2. The van der Waals surface area contributed by atoms with Crippen LogP contribution in [0.1, 0.15) is 25.0 Å². The molecule has 2 aromatic heterocycles. The number of hydrogen-bond donors (Lipinski definition) is 1. The molecule has 0 fully saturated rings. The van der Waals surface area contributed by atoms with Crippen LogP contribution in [-0.4, -0.2) is 17.6 Å². The van der Waals surface area contributed by atoms with E-state index in [0.29, 0.717) is 0 Å². The molecule has 0 aliphatic heterocycles. The summed E-state index contributed by atoms with van der Waals surface area (Å²) < 4.78 is 2.69. The first-order valence-corrected chi connectivity index (χ1v) is 9.94. The van der Waals surface area contributed by atoms with Gasteiger partial charge in [-0.05, 0) is 29.4 Å². The van der Waals surface area contributed by atoms with Crippen LogP contribution in [0.25, 0.3) is 44.3 Å². The topological polar surface area (TPSA) is 38.1 Å². The van der Waals surface area contributed by atoms with Crippen molar-refractivity contribution in [3.63, 3.8) is 0 Å². The molecule has 0 unspecified atom stereocenters. The molecular weight excluding hydrogens is 357 g/mol. The fraction of sp³-hybridized carbons (Fsp3) is 0.200. The standard InChI is InChI=1S/C20H16N2S.BHNS/c1-3-11-5-7-13-18-14(8-6-12(4-2)17(11)18)20-19(13)21-15-9-23-10-16(15)22-20;1-2-3/h5-10H,3-4H2,1-2H3;3H. The number of nitrogens with zero attached hydrogens (tertiary/aromatic N) is 3. The second-order valence-corrected chi connectivity index (χ2v) is 7.15. The molecule has 0 saturated carbocycles. The van der Waals surface area contributed by atoms with Crippen LogP contribution < -0.4 is 0 Å². The quantitative estimate of drug-likeness (QED) is 0.313. The molecule has 0 spiro atoms. The molecule has 6 heteroatoms. The zero-order chi connectivity index (χ0) is 18.3. The van der Waals surface area contributed by atoms with Crippen molar-refractivity contribution in [1.82, 2.24) is 9.97 Å². The van der Waals surface area contributed by atoms with Crippen LogP contribution in [-0.2, 0) is 12.8 Å². The summed E-state index contributed by atoms with van der Waals surface area (Å²) in [4.78, 5) is 9.83. The van der Waals surface area contributed by atoms with E-state index in [-0.39, 0.29) is 0 Å². The molecule has 4 aromatic rings. The number of rotatable bonds is 2. The number of benzene rings is 2. The van der Waals surface area contributed by atoms with E-state index in [1.165, 1.54) is 33.0 Å². The molecule has 5 rings (SSSR count). The average Bonchev–Trinajstić information content (AvgIpc) is 3.24. The van der Waals surface area contributed by atoms with Gasteiger partial charge in [-0.25, -0.2) is 9.97 Å². The van der Waals surface area contributed by atoms with Crippen molar-refractivity contribution in [2.24, 2.45) is 4.30 Å². The van der Waals surface area contributed by atoms with E-state index in [0.717, 1.165) is 35.3 Å². The van der Waals surface area contributed by atoms with Gasteiger partial charge in [0, 0.05) is 27.3 Å². The molecule has 0 atom stereocenters. The Bertz CT molecular complexity index is 1070. The first-order valence-electron chi connectivity index (χ1n) is 8.59. The maximum atomic E-state index is 4.91. The second kappa shape index (κ2) is 6.93. The van der Waals surface area contributed by atoms with Gasteiger partial charge in [-0.1, -0.05) is 38.1 Å². The summed E-state index contributed by atoms with van der Waals surface area (Å²) in [6.07, 6.45) is 2.11. The molecule has 26 heavy (non-hydrogen) atoms. The van der Waals surface area contributed by atoms with E-state index in [4.69, 9.17) is 9.97 Å². The first-order chi connectivity index (χ1) is 12.7. The van der Waals surface area contributed by atoms with E-state index in [1.807, 2.05) is 0 Å². The average molecular weight is 374 g/mol. The Kier molecular flexibility index (Phi) is 4.63. The van der Waals surface area contributed by atoms with Crippen LogP contribution in [0, 0.1) is 0 Å². The molecular formula is C20H17BN3S2. The van der Waals surface area contributed by atoms with Crippen molar-refractivity contribution < 1.29 is 0 Å². The molecule has 127 valence electrons. The van der Waals surface area contributed by atoms with Gasteiger partial charge in [0.15, 0.2) is 0 Å². The summed E-state index contributed by atoms with van der Waals surface area (Å²) in [5.74, 6) is 0. The predicted octanol–water partition coefficient (Wildman–Crippen LogP) is 5.80. The van der Waals surface area contributed by atoms with Crippen LogP contribution >= 0.6 is 24.2 Å². The van der Waals surface area contributed by atoms with Gasteiger partial charge in [0.25, 0.3) is 0 Å². The minimum atomic E-state index is 1.00. The molecule has 2 heterocycles. The van der Waals surface area contributed by atoms with Gasteiger partial charge >= 0.3 is 24.8 Å². The monoisotopic (exact) mass is 374 g/mol. The van der Waals surface area contributed by atoms with Crippen LogP contribution in [0.5, 0.6) is 0 Å². The third-order valence-corrected chi connectivity index (χ3v) is 5.63. The molecule has 3 nitrogen and oxygen atoms in total. The van der Waals surface area contributed by atoms with Crippen LogP contribution in [0.15, 0.2) is 39.3 Å². The fourth-order valence-corrected chi connectivity index (χ4v) is 4.47. The zero-order valence-electron chi connectivity index (χ0n) is 14.7. The number of thiol groups is 1. The number of aryl methyl sites for hydroxylation is 2. The van der Waals surface area contributed by atoms with Crippen molar-refractivity contribution in [2.75, 3.05) is 0 Å². The van der Waals surface area contributed by atoms with Gasteiger partial charge < -0.3 is 0 Å². The van der Waals surface area contributed by atoms with Gasteiger partial charge in [-0.3, -0.25) is 0 Å². The van der Waals surface area contributed by atoms with E-state index in [9.17, 15) is 0 Å². The van der Waals surface area contributed by atoms with Crippen molar-refractivity contribution in [1.29, 1.82) is 0 Å². The van der Waals surface area contributed by atoms with E-state index < -0.39 is 0 Å². The second-order valence-electron chi connectivity index (χ2n) is 6.18. The Morgan fingerprint density at radius 2 is 1.35 bits per heavy atom. The van der Waals surface area contributed by atoms with Gasteiger partial charge in [0.05, 0.1) is 11.4 Å². The molecule has 0 N–H and O–H groups in total. The molecule has 0 amide bonds. The van der Waals surface area contributed by atoms with Crippen LogP contribution in [0.4, 0.5) is 0 Å². The first kappa shape index (κ1) is 17.4. The van der Waals surface area contributed by atoms with Crippen molar-refractivity contribution in [3.8, 4) is 22.5 Å². The number of hydrogen-bond acceptors (Lipinski definition) is 5. The third-order valence-electron chi connectivity index (χ3n) is 4.92. The SMILES string of the molecule is CCc1ccc2c3c(ccc(CC)c13)-c1nc3cscc3nc1-2.[B]=NS. The third kappa shape index (κ3) is 2.51. The normalized spacial score (nSPS) is 11.3. The predicted molar refractivity (Wildman–Crippen MR) is 115 cm³/mol. The van der Waals surface area contributed by atoms with E-state index in [1.54, 1.807) is 11.3 Å². The summed E-state index contributed by atoms with van der Waals surface area (Å²) in [7, 11) is 4.34. The van der Waals surface area contributed by atoms with E-state index >= 15 is 0 Å². The van der Waals surface area contributed by atoms with Crippen molar-refractivity contribution >= 4 is 53.6 Å². The Labute approximate surface area is 163 Å². The molecule has 1 radical (unpaired) electrons. The Hall–Kier alpha value is -2.05. The van der Waals surface area contributed by atoms with Crippen molar-refractivity contribution in [3.05, 3.63) is 46.2 Å².